The number of fused-ring (bicyclic) bond motifs is 1. The van der Waals surface area contributed by atoms with Gasteiger partial charge in [-0.3, -0.25) is 4.79 Å². The number of benzene rings is 3. The number of phenols is 1. The van der Waals surface area contributed by atoms with E-state index in [4.69, 9.17) is 10.1 Å². The number of hydrogen-bond acceptors (Lipinski definition) is 6. The molecule has 8 heteroatoms. The second-order valence-electron chi connectivity index (χ2n) is 8.63. The molecule has 2 heterocycles. The molecule has 1 aliphatic rings. The lowest BCUT2D eigenvalue weighted by Gasteiger charge is -2.28. The highest BCUT2D eigenvalue weighted by Crippen LogP contribution is 2.37. The summed E-state index contributed by atoms with van der Waals surface area (Å²) in [7, 11) is 3.98. The first-order chi connectivity index (χ1) is 16.9. The summed E-state index contributed by atoms with van der Waals surface area (Å²) >= 11 is 0. The summed E-state index contributed by atoms with van der Waals surface area (Å²) in [4.78, 5) is 20.2. The molecular formula is C27H26N6O2. The molecule has 0 saturated heterocycles. The van der Waals surface area contributed by atoms with Crippen LogP contribution in [-0.4, -0.2) is 39.9 Å². The molecule has 0 radical (unpaired) electrons. The lowest BCUT2D eigenvalue weighted by Crippen LogP contribution is -2.31. The first kappa shape index (κ1) is 22.2. The van der Waals surface area contributed by atoms with Crippen molar-refractivity contribution in [2.45, 2.75) is 13.0 Å². The van der Waals surface area contributed by atoms with Gasteiger partial charge in [0.25, 0.3) is 5.91 Å². The normalized spacial score (nSPS) is 14.8. The Labute approximate surface area is 203 Å². The lowest BCUT2D eigenvalue weighted by molar-refractivity contribution is -0.113. The number of carbonyl (C=O) groups is 1. The van der Waals surface area contributed by atoms with Gasteiger partial charge >= 0.3 is 0 Å². The maximum Gasteiger partial charge on any atom is 0.255 e. The number of anilines is 3. The van der Waals surface area contributed by atoms with E-state index >= 15 is 0 Å². The van der Waals surface area contributed by atoms with Gasteiger partial charge in [-0.25, -0.2) is 4.68 Å². The van der Waals surface area contributed by atoms with Crippen LogP contribution in [0.5, 0.6) is 5.75 Å². The zero-order chi connectivity index (χ0) is 24.5. The molecule has 3 N–H and O–H groups in total. The quantitative estimate of drug-likeness (QED) is 0.397. The van der Waals surface area contributed by atoms with Crippen molar-refractivity contribution >= 4 is 23.2 Å². The average molecular weight is 467 g/mol. The molecule has 176 valence electrons. The Kier molecular flexibility index (Phi) is 5.70. The molecular weight excluding hydrogens is 440 g/mol. The van der Waals surface area contributed by atoms with Gasteiger partial charge < -0.3 is 20.6 Å². The summed E-state index contributed by atoms with van der Waals surface area (Å²) in [5, 5.41) is 21.2. The van der Waals surface area contributed by atoms with Crippen LogP contribution in [0.1, 0.15) is 18.5 Å². The van der Waals surface area contributed by atoms with Crippen LogP contribution in [0.3, 0.4) is 0 Å². The van der Waals surface area contributed by atoms with E-state index in [1.54, 1.807) is 22.9 Å². The van der Waals surface area contributed by atoms with Crippen molar-refractivity contribution in [2.24, 2.45) is 0 Å². The summed E-state index contributed by atoms with van der Waals surface area (Å²) in [6.45, 7) is 1.85. The van der Waals surface area contributed by atoms with Gasteiger partial charge in [0.05, 0.1) is 5.57 Å². The molecule has 35 heavy (non-hydrogen) atoms. The zero-order valence-corrected chi connectivity index (χ0v) is 19.7. The molecule has 1 aromatic heterocycles. The van der Waals surface area contributed by atoms with E-state index in [2.05, 4.69) is 10.6 Å². The third kappa shape index (κ3) is 4.33. The average Bonchev–Trinajstić information content (AvgIpc) is 3.27. The number of aromatic hydroxyl groups is 1. The van der Waals surface area contributed by atoms with Gasteiger partial charge in [-0.2, -0.15) is 4.98 Å². The Bertz CT molecular complexity index is 1410. The number of nitrogens with zero attached hydrogens (tertiary/aromatic N) is 4. The molecule has 1 atom stereocenters. The predicted octanol–water partition coefficient (Wildman–Crippen LogP) is 4.64. The number of hydrogen-bond donors (Lipinski definition) is 3. The molecule has 0 bridgehead atoms. The molecule has 5 rings (SSSR count). The van der Waals surface area contributed by atoms with Crippen molar-refractivity contribution in [3.05, 3.63) is 95.7 Å². The standard InChI is InChI=1S/C27H26N6O2/c1-17-23(26(35)29-20-9-5-4-6-10-20)24(19-8-7-11-22(34)16-19)33-27(28-17)30-25(31-33)18-12-14-21(15-13-18)32(2)3/h4-16,24,34H,1-3H3,(H,29,35)(H,28,30,31). The number of nitrogens with one attached hydrogen (secondary N) is 2. The monoisotopic (exact) mass is 466 g/mol. The van der Waals surface area contributed by atoms with E-state index in [-0.39, 0.29) is 11.7 Å². The van der Waals surface area contributed by atoms with E-state index in [0.29, 0.717) is 28.7 Å². The molecule has 1 amide bonds. The van der Waals surface area contributed by atoms with Crippen LogP contribution in [0.2, 0.25) is 0 Å². The van der Waals surface area contributed by atoms with Crippen LogP contribution < -0.4 is 15.5 Å². The van der Waals surface area contributed by atoms with E-state index in [1.807, 2.05) is 86.6 Å². The number of phenolic OH excluding ortho intramolecular Hbond substituents is 1. The van der Waals surface area contributed by atoms with Gasteiger partial charge in [-0.05, 0) is 61.0 Å². The Morgan fingerprint density at radius 1 is 1.03 bits per heavy atom. The van der Waals surface area contributed by atoms with E-state index < -0.39 is 6.04 Å². The molecule has 0 spiro atoms. The van der Waals surface area contributed by atoms with Gasteiger partial charge in [0.1, 0.15) is 11.8 Å². The van der Waals surface area contributed by atoms with Crippen LogP contribution in [-0.2, 0) is 4.79 Å². The minimum atomic E-state index is -0.579. The second-order valence-corrected chi connectivity index (χ2v) is 8.63. The van der Waals surface area contributed by atoms with E-state index in [1.165, 1.54) is 0 Å². The van der Waals surface area contributed by atoms with Crippen LogP contribution in [0.25, 0.3) is 11.4 Å². The third-order valence-corrected chi connectivity index (χ3v) is 5.96. The molecule has 0 aliphatic carbocycles. The van der Waals surface area contributed by atoms with E-state index in [9.17, 15) is 9.90 Å². The fourth-order valence-electron chi connectivity index (χ4n) is 4.20. The third-order valence-electron chi connectivity index (χ3n) is 5.96. The number of aromatic nitrogens is 3. The van der Waals surface area contributed by atoms with Gasteiger partial charge in [0.2, 0.25) is 5.95 Å². The summed E-state index contributed by atoms with van der Waals surface area (Å²) in [5.74, 6) is 0.925. The smallest absolute Gasteiger partial charge is 0.255 e. The van der Waals surface area contributed by atoms with Gasteiger partial charge in [0.15, 0.2) is 5.82 Å². The number of para-hydroxylation sites is 1. The molecule has 8 nitrogen and oxygen atoms in total. The minimum Gasteiger partial charge on any atom is -0.508 e. The Morgan fingerprint density at radius 2 is 1.77 bits per heavy atom. The van der Waals surface area contributed by atoms with Crippen LogP contribution in [0.15, 0.2) is 90.1 Å². The molecule has 1 aliphatic heterocycles. The topological polar surface area (TPSA) is 95.3 Å². The predicted molar refractivity (Wildman–Crippen MR) is 137 cm³/mol. The highest BCUT2D eigenvalue weighted by Gasteiger charge is 2.34. The maximum atomic E-state index is 13.5. The van der Waals surface area contributed by atoms with Crippen molar-refractivity contribution in [3.8, 4) is 17.1 Å². The first-order valence-corrected chi connectivity index (χ1v) is 11.3. The summed E-state index contributed by atoms with van der Waals surface area (Å²) in [6.07, 6.45) is 0. The molecule has 4 aromatic rings. The first-order valence-electron chi connectivity index (χ1n) is 11.3. The van der Waals surface area contributed by atoms with E-state index in [0.717, 1.165) is 16.8 Å². The van der Waals surface area contributed by atoms with Crippen LogP contribution in [0, 0.1) is 0 Å². The Balaban J connectivity index is 1.58. The Morgan fingerprint density at radius 3 is 2.46 bits per heavy atom. The number of amides is 1. The SMILES string of the molecule is CC1=C(C(=O)Nc2ccccc2)C(c2cccc(O)c2)n2nc(-c3ccc(N(C)C)cc3)nc2N1. The molecule has 3 aromatic carbocycles. The minimum absolute atomic E-state index is 0.114. The fraction of sp³-hybridized carbons (Fsp3) is 0.148. The second kappa shape index (κ2) is 8.98. The maximum absolute atomic E-state index is 13.5. The van der Waals surface area contributed by atoms with Gasteiger partial charge in [-0.15, -0.1) is 5.10 Å². The van der Waals surface area contributed by atoms with Crippen molar-refractivity contribution in [3.63, 3.8) is 0 Å². The fourth-order valence-corrected chi connectivity index (χ4v) is 4.20. The van der Waals surface area contributed by atoms with Crippen molar-refractivity contribution in [2.75, 3.05) is 29.6 Å². The molecule has 0 fully saturated rings. The van der Waals surface area contributed by atoms with Crippen molar-refractivity contribution in [1.82, 2.24) is 14.8 Å². The number of carbonyl (C=O) groups excluding carboxylic acids is 1. The summed E-state index contributed by atoms with van der Waals surface area (Å²) < 4.78 is 1.71. The van der Waals surface area contributed by atoms with Gasteiger partial charge in [0, 0.05) is 36.7 Å². The van der Waals surface area contributed by atoms with Crippen molar-refractivity contribution in [1.29, 1.82) is 0 Å². The highest BCUT2D eigenvalue weighted by molar-refractivity contribution is 6.06. The molecule has 1 unspecified atom stereocenters. The van der Waals surface area contributed by atoms with Gasteiger partial charge in [-0.1, -0.05) is 30.3 Å². The summed E-state index contributed by atoms with van der Waals surface area (Å²) in [6, 6.07) is 23.6. The molecule has 0 saturated carbocycles. The Hall–Kier alpha value is -4.59. The zero-order valence-electron chi connectivity index (χ0n) is 19.7. The number of allylic oxidation sites excluding steroid dienone is 1. The largest absolute Gasteiger partial charge is 0.508 e. The lowest BCUT2D eigenvalue weighted by atomic mass is 9.95. The van der Waals surface area contributed by atoms with Crippen molar-refractivity contribution < 1.29 is 9.90 Å². The summed E-state index contributed by atoms with van der Waals surface area (Å²) in [5.41, 5.74) is 4.52. The highest BCUT2D eigenvalue weighted by atomic mass is 16.3. The van der Waals surface area contributed by atoms with Crippen LogP contribution in [0.4, 0.5) is 17.3 Å². The number of rotatable bonds is 5. The van der Waals surface area contributed by atoms with Crippen LogP contribution >= 0.6 is 0 Å².